The van der Waals surface area contributed by atoms with E-state index in [1.54, 1.807) is 34.1 Å². The van der Waals surface area contributed by atoms with Crippen LogP contribution in [0.2, 0.25) is 0 Å². The summed E-state index contributed by atoms with van der Waals surface area (Å²) >= 11 is 0. The Labute approximate surface area is 627 Å². The van der Waals surface area contributed by atoms with Crippen LogP contribution < -0.4 is 90.6 Å². The molecule has 0 bridgehead atoms. The standard InChI is InChI=1S/2C37H58N4O7.2Na/c2*1-2-3-4-5-6-7-8-9-10-11-12-13-14-19-34(44)40-24-16-18-32(40)36(46)41-25-15-17-31(41)35(45)38-27-33(43)39-30(37(47)48)26-28-20-22-29(42)23-21-28;;/h2*20-23,30-32,42H,2-19,24-27H2,1H3,(H,38,45)(H,39,43)(H,47,48);;/q;;2*+1/p-2/t2*30-,31-,32-;;/m00../s1. The summed E-state index contributed by atoms with van der Waals surface area (Å²) in [6.45, 7) is 5.47. The topological polar surface area (TPSA) is 318 Å². The van der Waals surface area contributed by atoms with E-state index in [0.717, 1.165) is 51.4 Å². The molecule has 0 saturated carbocycles. The zero-order chi connectivity index (χ0) is 69.5. The summed E-state index contributed by atoms with van der Waals surface area (Å²) < 4.78 is 0. The number of aliphatic carboxylic acids is 2. The molecule has 6 rings (SSSR count). The number of unbranched alkanes of at least 4 members (excludes halogenated alkanes) is 24. The Morgan fingerprint density at radius 2 is 0.663 bits per heavy atom. The molecule has 8 amide bonds. The van der Waals surface area contributed by atoms with Crippen LogP contribution in [0.25, 0.3) is 0 Å². The smallest absolute Gasteiger partial charge is 0.548 e. The van der Waals surface area contributed by atoms with Gasteiger partial charge in [-0.3, -0.25) is 38.4 Å². The third kappa shape index (κ3) is 32.2. The number of carboxylic acid groups (broad SMARTS) is 2. The van der Waals surface area contributed by atoms with Crippen LogP contribution in [0.3, 0.4) is 0 Å². The third-order valence-electron chi connectivity index (χ3n) is 19.2. The van der Waals surface area contributed by atoms with Gasteiger partial charge in [-0.1, -0.05) is 192 Å². The number of amides is 8. The Morgan fingerprint density at radius 1 is 0.398 bits per heavy atom. The van der Waals surface area contributed by atoms with Gasteiger partial charge in [0, 0.05) is 39.0 Å². The van der Waals surface area contributed by atoms with Gasteiger partial charge >= 0.3 is 59.1 Å². The number of phenolic OH excluding ortho intramolecular Hbond substituents is 2. The molecule has 2 aromatic carbocycles. The van der Waals surface area contributed by atoms with Crippen molar-refractivity contribution in [1.82, 2.24) is 40.9 Å². The molecule has 22 nitrogen and oxygen atoms in total. The maximum Gasteiger partial charge on any atom is 1.00 e. The molecular formula is C74H114N8Na2O14. The molecule has 0 spiro atoms. The van der Waals surface area contributed by atoms with Crippen molar-refractivity contribution in [2.45, 2.75) is 294 Å². The van der Waals surface area contributed by atoms with Crippen LogP contribution in [0.4, 0.5) is 0 Å². The van der Waals surface area contributed by atoms with Gasteiger partial charge in [0.05, 0.1) is 37.1 Å². The number of nitrogens with zero attached hydrogens (tertiary/aromatic N) is 4. The van der Waals surface area contributed by atoms with E-state index in [9.17, 15) is 68.4 Å². The molecule has 4 aliphatic heterocycles. The Morgan fingerprint density at radius 3 is 0.949 bits per heavy atom. The maximum atomic E-state index is 13.6. The first kappa shape index (κ1) is 87.0. The van der Waals surface area contributed by atoms with Crippen LogP contribution in [-0.4, -0.2) is 165 Å². The number of phenols is 2. The summed E-state index contributed by atoms with van der Waals surface area (Å²) in [6, 6.07) is 6.55. The zero-order valence-electron chi connectivity index (χ0n) is 59.8. The first-order chi connectivity index (χ1) is 46.4. The van der Waals surface area contributed by atoms with Crippen LogP contribution in [0.5, 0.6) is 11.5 Å². The van der Waals surface area contributed by atoms with E-state index in [-0.39, 0.29) is 107 Å². The van der Waals surface area contributed by atoms with E-state index in [1.807, 2.05) is 0 Å². The molecule has 4 fully saturated rings. The summed E-state index contributed by atoms with van der Waals surface area (Å²) in [7, 11) is 0. The second-order valence-corrected chi connectivity index (χ2v) is 26.9. The number of carboxylic acids is 2. The second kappa shape index (κ2) is 50.1. The first-order valence-electron chi connectivity index (χ1n) is 36.7. The predicted molar refractivity (Wildman–Crippen MR) is 363 cm³/mol. The number of hydrogen-bond donors (Lipinski definition) is 6. The molecule has 536 valence electrons. The van der Waals surface area contributed by atoms with Crippen molar-refractivity contribution in [3.05, 3.63) is 59.7 Å². The fraction of sp³-hybridized carbons (Fsp3) is 0.703. The minimum atomic E-state index is -1.47. The fourth-order valence-corrected chi connectivity index (χ4v) is 13.7. The van der Waals surface area contributed by atoms with Crippen molar-refractivity contribution < 1.29 is 127 Å². The van der Waals surface area contributed by atoms with E-state index in [2.05, 4.69) is 35.1 Å². The number of nitrogens with one attached hydrogen (secondary N) is 4. The molecule has 4 heterocycles. The molecule has 4 saturated heterocycles. The third-order valence-corrected chi connectivity index (χ3v) is 19.2. The molecular weight excluding hydrogens is 1270 g/mol. The summed E-state index contributed by atoms with van der Waals surface area (Å²) in [5.74, 6) is -5.69. The Hall–Kier alpha value is -5.26. The van der Waals surface area contributed by atoms with E-state index < -0.39 is 84.9 Å². The molecule has 6 atom stereocenters. The van der Waals surface area contributed by atoms with E-state index in [0.29, 0.717) is 88.7 Å². The van der Waals surface area contributed by atoms with Gasteiger partial charge in [0.2, 0.25) is 47.3 Å². The Kier molecular flexibility index (Phi) is 44.5. The largest absolute Gasteiger partial charge is 1.00 e. The number of hydrogen-bond acceptors (Lipinski definition) is 14. The zero-order valence-corrected chi connectivity index (χ0v) is 63.8. The van der Waals surface area contributed by atoms with E-state index in [1.165, 1.54) is 162 Å². The quantitative estimate of drug-likeness (QED) is 0.0405. The number of rotatable bonds is 44. The van der Waals surface area contributed by atoms with Crippen LogP contribution in [-0.2, 0) is 60.8 Å². The Balaban J connectivity index is 0.000000500. The molecule has 98 heavy (non-hydrogen) atoms. The maximum absolute atomic E-state index is 13.6. The summed E-state index contributed by atoms with van der Waals surface area (Å²) in [5.41, 5.74) is 1.16. The van der Waals surface area contributed by atoms with Gasteiger partial charge in [0.25, 0.3) is 0 Å². The van der Waals surface area contributed by atoms with Gasteiger partial charge in [0.15, 0.2) is 0 Å². The molecule has 0 unspecified atom stereocenters. The van der Waals surface area contributed by atoms with Gasteiger partial charge in [0.1, 0.15) is 35.7 Å². The van der Waals surface area contributed by atoms with Crippen molar-refractivity contribution in [2.75, 3.05) is 39.3 Å². The van der Waals surface area contributed by atoms with Crippen LogP contribution in [0.15, 0.2) is 48.5 Å². The molecule has 6 N–H and O–H groups in total. The number of carbonyl (C=O) groups excluding carboxylic acids is 10. The molecule has 0 radical (unpaired) electrons. The normalized spacial score (nSPS) is 17.7. The van der Waals surface area contributed by atoms with Crippen LogP contribution in [0, 0.1) is 0 Å². The van der Waals surface area contributed by atoms with Crippen molar-refractivity contribution in [2.24, 2.45) is 0 Å². The van der Waals surface area contributed by atoms with Crippen LogP contribution >= 0.6 is 0 Å². The number of likely N-dealkylation sites (tertiary alicyclic amines) is 4. The minimum Gasteiger partial charge on any atom is -0.548 e. The molecule has 4 aliphatic rings. The van der Waals surface area contributed by atoms with Crippen molar-refractivity contribution in [3.63, 3.8) is 0 Å². The second-order valence-electron chi connectivity index (χ2n) is 26.9. The first-order valence-corrected chi connectivity index (χ1v) is 36.7. The molecule has 0 aromatic heterocycles. The number of benzene rings is 2. The van der Waals surface area contributed by atoms with Crippen LogP contribution in [0.1, 0.15) is 256 Å². The van der Waals surface area contributed by atoms with Crippen molar-refractivity contribution >= 4 is 59.2 Å². The number of carbonyl (C=O) groups is 10. The minimum absolute atomic E-state index is 0. The average molecular weight is 1390 g/mol. The van der Waals surface area contributed by atoms with Gasteiger partial charge in [-0.05, 0) is 112 Å². The molecule has 2 aromatic rings. The fourth-order valence-electron chi connectivity index (χ4n) is 13.7. The summed E-state index contributed by atoms with van der Waals surface area (Å²) in [5, 5.41) is 51.9. The SMILES string of the molecule is CCCCCCCCCCCCCCCC(=O)N1CCC[C@H]1C(=O)N1CCC[C@H]1C(=O)NCC(=O)N[C@@H](Cc1ccc(O)cc1)C(=O)[O-].CCCCCCCCCCCCCCCC(=O)N1CCC[C@H]1C(=O)N1CCC[C@H]1C(=O)NCC(=O)N[C@@H](Cc1ccc(O)cc1)C(=O)[O-].[Na+].[Na+]. The van der Waals surface area contributed by atoms with Gasteiger partial charge in [-0.2, -0.15) is 0 Å². The van der Waals surface area contributed by atoms with Gasteiger partial charge in [-0.25, -0.2) is 0 Å². The summed E-state index contributed by atoms with van der Waals surface area (Å²) in [6.07, 6.45) is 37.7. The van der Waals surface area contributed by atoms with Gasteiger partial charge in [-0.15, -0.1) is 0 Å². The monoisotopic (exact) mass is 1380 g/mol. The van der Waals surface area contributed by atoms with Gasteiger partial charge < -0.3 is 70.9 Å². The molecule has 24 heteroatoms. The summed E-state index contributed by atoms with van der Waals surface area (Å²) in [4.78, 5) is 134. The van der Waals surface area contributed by atoms with E-state index >= 15 is 0 Å². The predicted octanol–water partition coefficient (Wildman–Crippen LogP) is 1.51. The average Bonchev–Trinajstić information content (AvgIpc) is 1.65. The molecule has 0 aliphatic carbocycles. The Bertz CT molecular complexity index is 2550. The van der Waals surface area contributed by atoms with E-state index in [4.69, 9.17) is 0 Å². The van der Waals surface area contributed by atoms with Crippen molar-refractivity contribution in [3.8, 4) is 11.5 Å². The van der Waals surface area contributed by atoms with Crippen molar-refractivity contribution in [1.29, 1.82) is 0 Å². The number of aromatic hydroxyl groups is 2.